The lowest BCUT2D eigenvalue weighted by molar-refractivity contribution is 0.418. The Balaban J connectivity index is 1.48. The predicted octanol–water partition coefficient (Wildman–Crippen LogP) is 2.46. The molecule has 104 valence electrons. The number of nitrogens with zero attached hydrogens (tertiary/aromatic N) is 3. The third kappa shape index (κ3) is 2.60. The number of nitrogens with one attached hydrogen (secondary N) is 1. The fourth-order valence-electron chi connectivity index (χ4n) is 2.82. The van der Waals surface area contributed by atoms with Crippen molar-refractivity contribution in [3.05, 3.63) is 28.3 Å². The molecule has 5 heteroatoms. The van der Waals surface area contributed by atoms with Crippen molar-refractivity contribution in [1.82, 2.24) is 20.3 Å². The van der Waals surface area contributed by atoms with Gasteiger partial charge in [-0.25, -0.2) is 15.0 Å². The number of hydrogen-bond donors (Lipinski definition) is 1. The summed E-state index contributed by atoms with van der Waals surface area (Å²) in [5.74, 6) is 1.52. The topological polar surface area (TPSA) is 50.7 Å². The van der Waals surface area contributed by atoms with E-state index in [1.54, 1.807) is 11.3 Å². The smallest absolute Gasteiger partial charge is 0.179 e. The SMILES string of the molecule is c1nc(-c2ncc3c(n2)CCC(CNC2CC2)C3)cs1. The number of rotatable bonds is 4. The monoisotopic (exact) mass is 286 g/mol. The molecule has 1 atom stereocenters. The lowest BCUT2D eigenvalue weighted by atomic mass is 9.87. The molecule has 2 aliphatic rings. The van der Waals surface area contributed by atoms with Gasteiger partial charge in [0.15, 0.2) is 5.82 Å². The molecule has 1 saturated carbocycles. The van der Waals surface area contributed by atoms with E-state index >= 15 is 0 Å². The number of hydrogen-bond acceptors (Lipinski definition) is 5. The predicted molar refractivity (Wildman–Crippen MR) is 79.7 cm³/mol. The average Bonchev–Trinajstić information content (AvgIpc) is 3.16. The number of aryl methyl sites for hydroxylation is 1. The van der Waals surface area contributed by atoms with Gasteiger partial charge in [-0.2, -0.15) is 0 Å². The van der Waals surface area contributed by atoms with Crippen LogP contribution in [-0.2, 0) is 12.8 Å². The molecule has 0 amide bonds. The molecular formula is C15H18N4S. The van der Waals surface area contributed by atoms with Gasteiger partial charge >= 0.3 is 0 Å². The Morgan fingerprint density at radius 1 is 1.25 bits per heavy atom. The van der Waals surface area contributed by atoms with Crippen molar-refractivity contribution in [3.8, 4) is 11.5 Å². The zero-order chi connectivity index (χ0) is 13.4. The Hall–Kier alpha value is -1.33. The molecule has 0 spiro atoms. The Bertz CT molecular complexity index is 592. The fraction of sp³-hybridized carbons (Fsp3) is 0.533. The standard InChI is InChI=1S/C15H18N4S/c1-4-13-11(5-10(1)6-16-12-2-3-12)7-17-15(19-13)14-8-20-9-18-14/h7-10,12,16H,1-6H2. The van der Waals surface area contributed by atoms with Gasteiger partial charge in [-0.15, -0.1) is 11.3 Å². The summed E-state index contributed by atoms with van der Waals surface area (Å²) in [6, 6.07) is 0.805. The van der Waals surface area contributed by atoms with Crippen LogP contribution in [0.1, 0.15) is 30.5 Å². The molecule has 2 aromatic heterocycles. The molecule has 0 saturated heterocycles. The van der Waals surface area contributed by atoms with E-state index in [4.69, 9.17) is 4.98 Å². The second-order valence-corrected chi connectivity index (χ2v) is 6.55. The highest BCUT2D eigenvalue weighted by Gasteiger charge is 2.25. The molecular weight excluding hydrogens is 268 g/mol. The molecule has 0 aromatic carbocycles. The zero-order valence-corrected chi connectivity index (χ0v) is 12.2. The van der Waals surface area contributed by atoms with E-state index in [1.807, 2.05) is 17.1 Å². The van der Waals surface area contributed by atoms with Crippen LogP contribution in [0.2, 0.25) is 0 Å². The minimum Gasteiger partial charge on any atom is -0.314 e. The van der Waals surface area contributed by atoms with Crippen molar-refractivity contribution < 1.29 is 0 Å². The second kappa shape index (κ2) is 5.22. The highest BCUT2D eigenvalue weighted by Crippen LogP contribution is 2.26. The summed E-state index contributed by atoms with van der Waals surface area (Å²) in [6.45, 7) is 1.15. The first kappa shape index (κ1) is 12.4. The molecule has 2 aromatic rings. The van der Waals surface area contributed by atoms with Crippen molar-refractivity contribution in [3.63, 3.8) is 0 Å². The summed E-state index contributed by atoms with van der Waals surface area (Å²) in [5, 5.41) is 5.65. The van der Waals surface area contributed by atoms with E-state index in [0.29, 0.717) is 0 Å². The molecule has 20 heavy (non-hydrogen) atoms. The van der Waals surface area contributed by atoms with E-state index in [1.165, 1.54) is 30.5 Å². The third-order valence-corrected chi connectivity index (χ3v) is 4.77. The van der Waals surface area contributed by atoms with E-state index in [2.05, 4.69) is 15.3 Å². The lowest BCUT2D eigenvalue weighted by Gasteiger charge is -2.24. The largest absolute Gasteiger partial charge is 0.314 e. The number of aromatic nitrogens is 3. The van der Waals surface area contributed by atoms with Crippen LogP contribution in [0.4, 0.5) is 0 Å². The molecule has 4 nitrogen and oxygen atoms in total. The summed E-state index contributed by atoms with van der Waals surface area (Å²) < 4.78 is 0. The molecule has 0 radical (unpaired) electrons. The van der Waals surface area contributed by atoms with Crippen molar-refractivity contribution in [1.29, 1.82) is 0 Å². The average molecular weight is 286 g/mol. The molecule has 4 rings (SSSR count). The minimum atomic E-state index is 0.747. The highest BCUT2D eigenvalue weighted by atomic mass is 32.1. The first-order chi connectivity index (χ1) is 9.88. The van der Waals surface area contributed by atoms with Gasteiger partial charge in [0.1, 0.15) is 5.69 Å². The summed E-state index contributed by atoms with van der Waals surface area (Å²) in [5.41, 5.74) is 5.29. The van der Waals surface area contributed by atoms with Crippen molar-refractivity contribution >= 4 is 11.3 Å². The van der Waals surface area contributed by atoms with E-state index in [0.717, 1.165) is 42.9 Å². The maximum absolute atomic E-state index is 4.71. The van der Waals surface area contributed by atoms with Crippen molar-refractivity contribution in [2.24, 2.45) is 5.92 Å². The van der Waals surface area contributed by atoms with Crippen LogP contribution in [0, 0.1) is 5.92 Å². The van der Waals surface area contributed by atoms with Gasteiger partial charge in [0.2, 0.25) is 0 Å². The lowest BCUT2D eigenvalue weighted by Crippen LogP contribution is -2.29. The van der Waals surface area contributed by atoms with Gasteiger partial charge in [0, 0.05) is 23.3 Å². The molecule has 0 bridgehead atoms. The maximum atomic E-state index is 4.71. The normalized spacial score (nSPS) is 21.7. The van der Waals surface area contributed by atoms with E-state index < -0.39 is 0 Å². The number of fused-ring (bicyclic) bond motifs is 1. The highest BCUT2D eigenvalue weighted by molar-refractivity contribution is 7.07. The van der Waals surface area contributed by atoms with Crippen molar-refractivity contribution in [2.75, 3.05) is 6.54 Å². The van der Waals surface area contributed by atoms with E-state index in [9.17, 15) is 0 Å². The molecule has 1 fully saturated rings. The first-order valence-electron chi connectivity index (χ1n) is 7.35. The maximum Gasteiger partial charge on any atom is 0.179 e. The first-order valence-corrected chi connectivity index (χ1v) is 8.29. The minimum absolute atomic E-state index is 0.747. The third-order valence-electron chi connectivity index (χ3n) is 4.19. The summed E-state index contributed by atoms with van der Waals surface area (Å²) in [6.07, 6.45) is 8.17. The van der Waals surface area contributed by atoms with Crippen LogP contribution >= 0.6 is 11.3 Å². The Morgan fingerprint density at radius 2 is 2.20 bits per heavy atom. The van der Waals surface area contributed by atoms with Gasteiger partial charge in [-0.3, -0.25) is 0 Å². The van der Waals surface area contributed by atoms with Crippen LogP contribution < -0.4 is 5.32 Å². The van der Waals surface area contributed by atoms with Gasteiger partial charge in [0.25, 0.3) is 0 Å². The molecule has 2 aliphatic carbocycles. The summed E-state index contributed by atoms with van der Waals surface area (Å²) in [7, 11) is 0. The van der Waals surface area contributed by atoms with Gasteiger partial charge < -0.3 is 5.32 Å². The van der Waals surface area contributed by atoms with Gasteiger partial charge in [0.05, 0.1) is 5.51 Å². The molecule has 0 aliphatic heterocycles. The van der Waals surface area contributed by atoms with Gasteiger partial charge in [-0.1, -0.05) is 0 Å². The van der Waals surface area contributed by atoms with E-state index in [-0.39, 0.29) is 0 Å². The molecule has 2 heterocycles. The Morgan fingerprint density at radius 3 is 3.00 bits per heavy atom. The van der Waals surface area contributed by atoms with Gasteiger partial charge in [-0.05, 0) is 50.1 Å². The molecule has 1 unspecified atom stereocenters. The van der Waals surface area contributed by atoms with Crippen LogP contribution in [0.3, 0.4) is 0 Å². The van der Waals surface area contributed by atoms with Crippen LogP contribution in [0.5, 0.6) is 0 Å². The Kier molecular flexibility index (Phi) is 3.24. The van der Waals surface area contributed by atoms with Crippen LogP contribution in [-0.4, -0.2) is 27.5 Å². The number of thiazole rings is 1. The van der Waals surface area contributed by atoms with Crippen LogP contribution in [0.15, 0.2) is 17.1 Å². The second-order valence-electron chi connectivity index (χ2n) is 5.83. The Labute approximate surface area is 122 Å². The summed E-state index contributed by atoms with van der Waals surface area (Å²) in [4.78, 5) is 13.5. The summed E-state index contributed by atoms with van der Waals surface area (Å²) >= 11 is 1.59. The van der Waals surface area contributed by atoms with Crippen LogP contribution in [0.25, 0.3) is 11.5 Å². The molecule has 1 N–H and O–H groups in total. The quantitative estimate of drug-likeness (QED) is 0.938. The fourth-order valence-corrected chi connectivity index (χ4v) is 3.35. The van der Waals surface area contributed by atoms with Crippen molar-refractivity contribution in [2.45, 2.75) is 38.1 Å². The zero-order valence-electron chi connectivity index (χ0n) is 11.4.